The topological polar surface area (TPSA) is 89.9 Å². The third-order valence-electron chi connectivity index (χ3n) is 9.72. The zero-order chi connectivity index (χ0) is 21.5. The summed E-state index contributed by atoms with van der Waals surface area (Å²) in [6.45, 7) is 4.32. The third-order valence-corrected chi connectivity index (χ3v) is 9.72. The smallest absolute Gasteiger partial charge is 0.309 e. The normalized spacial score (nSPS) is 49.7. The Labute approximate surface area is 177 Å². The maximum atomic E-state index is 12.9. The first-order valence-electron chi connectivity index (χ1n) is 11.4. The van der Waals surface area contributed by atoms with Crippen molar-refractivity contribution in [2.24, 2.45) is 34.5 Å². The summed E-state index contributed by atoms with van der Waals surface area (Å²) in [5.41, 5.74) is -0.211. The molecule has 0 radical (unpaired) electrons. The highest BCUT2D eigenvalue weighted by atomic mass is 16.6. The summed E-state index contributed by atoms with van der Waals surface area (Å²) in [5, 5.41) is 11.5. The van der Waals surface area contributed by atoms with Gasteiger partial charge >= 0.3 is 11.9 Å². The van der Waals surface area contributed by atoms with Gasteiger partial charge in [0.2, 0.25) is 0 Å². The molecule has 1 saturated heterocycles. The van der Waals surface area contributed by atoms with Crippen LogP contribution >= 0.6 is 0 Å². The van der Waals surface area contributed by atoms with Gasteiger partial charge in [0.05, 0.1) is 19.1 Å². The Balaban J connectivity index is 1.61. The molecule has 0 amide bonds. The van der Waals surface area contributed by atoms with Gasteiger partial charge in [0.1, 0.15) is 5.60 Å². The number of hydrogen-bond donors (Lipinski definition) is 1. The van der Waals surface area contributed by atoms with Gasteiger partial charge in [-0.2, -0.15) is 0 Å². The standard InChI is InChI=1S/C24H32O6/c1-22-8-6-14(25)10-13(22)4-5-15-19-16(21(28)29-3)11-24(9-7-18(27)30-24)23(19,2)12-17(26)20(15)22/h10,15-17,19-20,26H,4-9,11-12H2,1-3H3/t15?,16?,17?,19?,20?,22?,23?,24-/m0/s1. The molecule has 164 valence electrons. The number of aliphatic hydroxyl groups excluding tert-OH is 1. The molecule has 4 fully saturated rings. The maximum Gasteiger partial charge on any atom is 0.309 e. The number of carbonyl (C=O) groups is 3. The molecule has 0 aromatic heterocycles. The minimum Gasteiger partial charge on any atom is -0.469 e. The molecule has 8 atom stereocenters. The number of carbonyl (C=O) groups excluding carboxylic acids is 3. The highest BCUT2D eigenvalue weighted by Crippen LogP contribution is 2.71. The molecule has 1 heterocycles. The Morgan fingerprint density at radius 1 is 1.13 bits per heavy atom. The van der Waals surface area contributed by atoms with Gasteiger partial charge in [0, 0.05) is 24.7 Å². The molecule has 30 heavy (non-hydrogen) atoms. The Kier molecular flexibility index (Phi) is 4.32. The van der Waals surface area contributed by atoms with Crippen molar-refractivity contribution < 1.29 is 29.0 Å². The van der Waals surface area contributed by atoms with Crippen LogP contribution in [-0.2, 0) is 23.9 Å². The molecule has 3 saturated carbocycles. The van der Waals surface area contributed by atoms with Crippen molar-refractivity contribution in [1.29, 1.82) is 0 Å². The number of fused-ring (bicyclic) bond motifs is 6. The van der Waals surface area contributed by atoms with E-state index in [-0.39, 0.29) is 46.8 Å². The average molecular weight is 417 g/mol. The predicted octanol–water partition coefficient (Wildman–Crippen LogP) is 2.96. The van der Waals surface area contributed by atoms with Gasteiger partial charge < -0.3 is 14.6 Å². The molecule has 1 N–H and O–H groups in total. The van der Waals surface area contributed by atoms with Crippen molar-refractivity contribution in [2.75, 3.05) is 7.11 Å². The van der Waals surface area contributed by atoms with Crippen LogP contribution in [0.1, 0.15) is 65.2 Å². The van der Waals surface area contributed by atoms with E-state index in [2.05, 4.69) is 13.8 Å². The van der Waals surface area contributed by atoms with Crippen LogP contribution in [0.15, 0.2) is 11.6 Å². The minimum atomic E-state index is -0.695. The fourth-order valence-corrected chi connectivity index (χ4v) is 8.47. The Morgan fingerprint density at radius 2 is 1.90 bits per heavy atom. The number of rotatable bonds is 1. The molecule has 0 aromatic carbocycles. The lowest BCUT2D eigenvalue weighted by Gasteiger charge is -2.61. The van der Waals surface area contributed by atoms with Gasteiger partial charge in [0.25, 0.3) is 0 Å². The van der Waals surface area contributed by atoms with Crippen LogP contribution in [0.25, 0.3) is 0 Å². The second-order valence-electron chi connectivity index (χ2n) is 10.8. The molecular formula is C24H32O6. The van der Waals surface area contributed by atoms with Gasteiger partial charge in [-0.1, -0.05) is 19.4 Å². The predicted molar refractivity (Wildman–Crippen MR) is 107 cm³/mol. The second kappa shape index (κ2) is 6.41. The molecule has 5 aliphatic rings. The average Bonchev–Trinajstić information content (AvgIpc) is 3.19. The minimum absolute atomic E-state index is 0.000234. The number of aliphatic hydroxyl groups is 1. The van der Waals surface area contributed by atoms with Gasteiger partial charge in [0.15, 0.2) is 5.78 Å². The molecule has 4 aliphatic carbocycles. The van der Waals surface area contributed by atoms with E-state index in [9.17, 15) is 19.5 Å². The summed E-state index contributed by atoms with van der Waals surface area (Å²) in [5.74, 6) is -0.443. The first-order chi connectivity index (χ1) is 14.1. The number of allylic oxidation sites excluding steroid dienone is 1. The van der Waals surface area contributed by atoms with Crippen molar-refractivity contribution in [1.82, 2.24) is 0 Å². The van der Waals surface area contributed by atoms with Gasteiger partial charge in [-0.15, -0.1) is 0 Å². The van der Waals surface area contributed by atoms with E-state index in [4.69, 9.17) is 9.47 Å². The molecule has 0 bridgehead atoms. The van der Waals surface area contributed by atoms with Crippen molar-refractivity contribution in [2.45, 2.75) is 76.9 Å². The van der Waals surface area contributed by atoms with E-state index in [0.29, 0.717) is 32.1 Å². The van der Waals surface area contributed by atoms with Crippen molar-refractivity contribution in [3.63, 3.8) is 0 Å². The number of methoxy groups -OCH3 is 1. The summed E-state index contributed by atoms with van der Waals surface area (Å²) in [4.78, 5) is 37.1. The summed E-state index contributed by atoms with van der Waals surface area (Å²) in [6.07, 6.45) is 6.16. The molecule has 6 heteroatoms. The first kappa shape index (κ1) is 20.2. The highest BCUT2D eigenvalue weighted by Gasteiger charge is 2.73. The van der Waals surface area contributed by atoms with Crippen LogP contribution in [0.3, 0.4) is 0 Å². The number of hydrogen-bond acceptors (Lipinski definition) is 6. The maximum absolute atomic E-state index is 12.9. The lowest BCUT2D eigenvalue weighted by molar-refractivity contribution is -0.187. The Bertz CT molecular complexity index is 847. The summed E-state index contributed by atoms with van der Waals surface area (Å²) >= 11 is 0. The van der Waals surface area contributed by atoms with E-state index in [1.165, 1.54) is 7.11 Å². The van der Waals surface area contributed by atoms with E-state index < -0.39 is 17.1 Å². The van der Waals surface area contributed by atoms with Crippen molar-refractivity contribution in [3.05, 3.63) is 11.6 Å². The van der Waals surface area contributed by atoms with Crippen LogP contribution in [0.2, 0.25) is 0 Å². The van der Waals surface area contributed by atoms with Crippen LogP contribution in [0.4, 0.5) is 0 Å². The molecule has 5 rings (SSSR count). The van der Waals surface area contributed by atoms with E-state index >= 15 is 0 Å². The van der Waals surface area contributed by atoms with Gasteiger partial charge in [-0.3, -0.25) is 14.4 Å². The van der Waals surface area contributed by atoms with Crippen LogP contribution < -0.4 is 0 Å². The molecule has 7 unspecified atom stereocenters. The molecular weight excluding hydrogens is 384 g/mol. The van der Waals surface area contributed by atoms with E-state index in [1.807, 2.05) is 6.08 Å². The van der Waals surface area contributed by atoms with E-state index in [0.717, 1.165) is 24.8 Å². The second-order valence-corrected chi connectivity index (χ2v) is 10.8. The lowest BCUT2D eigenvalue weighted by atomic mass is 9.45. The lowest BCUT2D eigenvalue weighted by Crippen LogP contribution is -2.60. The molecule has 1 spiro atoms. The van der Waals surface area contributed by atoms with Crippen LogP contribution in [-0.4, -0.2) is 41.6 Å². The third kappa shape index (κ3) is 2.43. The monoisotopic (exact) mass is 416 g/mol. The molecule has 6 nitrogen and oxygen atoms in total. The largest absolute Gasteiger partial charge is 0.469 e. The van der Waals surface area contributed by atoms with Gasteiger partial charge in [-0.25, -0.2) is 0 Å². The fourth-order valence-electron chi connectivity index (χ4n) is 8.47. The van der Waals surface area contributed by atoms with Crippen LogP contribution in [0.5, 0.6) is 0 Å². The summed E-state index contributed by atoms with van der Waals surface area (Å²) in [7, 11) is 1.43. The Morgan fingerprint density at radius 3 is 2.57 bits per heavy atom. The quantitative estimate of drug-likeness (QED) is 0.661. The SMILES string of the molecule is COC(=O)C1C[C@@]2(CCC(=O)O2)C2(C)CC(O)C3C(CCC4=CC(=O)CCC43C)C12. The first-order valence-corrected chi connectivity index (χ1v) is 11.4. The zero-order valence-electron chi connectivity index (χ0n) is 18.1. The summed E-state index contributed by atoms with van der Waals surface area (Å²) in [6, 6.07) is 0. The Hall–Kier alpha value is -1.69. The summed E-state index contributed by atoms with van der Waals surface area (Å²) < 4.78 is 11.2. The zero-order valence-corrected chi connectivity index (χ0v) is 18.1. The number of ketones is 1. The van der Waals surface area contributed by atoms with Crippen LogP contribution in [0, 0.1) is 34.5 Å². The van der Waals surface area contributed by atoms with Gasteiger partial charge in [-0.05, 0) is 61.3 Å². The number of ether oxygens (including phenoxy) is 2. The van der Waals surface area contributed by atoms with Crippen molar-refractivity contribution >= 4 is 17.7 Å². The fraction of sp³-hybridized carbons (Fsp3) is 0.792. The molecule has 1 aliphatic heterocycles. The molecule has 0 aromatic rings. The van der Waals surface area contributed by atoms with Crippen molar-refractivity contribution in [3.8, 4) is 0 Å². The van der Waals surface area contributed by atoms with E-state index in [1.54, 1.807) is 0 Å². The highest BCUT2D eigenvalue weighted by molar-refractivity contribution is 5.91. The number of esters is 2.